The molecule has 0 fully saturated rings. The zero-order chi connectivity index (χ0) is 13.4. The van der Waals surface area contributed by atoms with E-state index in [2.05, 4.69) is 29.2 Å². The zero-order valence-corrected chi connectivity index (χ0v) is 11.9. The summed E-state index contributed by atoms with van der Waals surface area (Å²) in [5.74, 6) is 1.54. The van der Waals surface area contributed by atoms with Crippen LogP contribution in [0.3, 0.4) is 0 Å². The molecular formula is C13H25N3O2. The smallest absolute Gasteiger partial charge is 0.151 e. The van der Waals surface area contributed by atoms with E-state index in [-0.39, 0.29) is 0 Å². The summed E-state index contributed by atoms with van der Waals surface area (Å²) in [6.07, 6.45) is 0. The fourth-order valence-corrected chi connectivity index (χ4v) is 1.89. The maximum atomic E-state index is 5.34. The van der Waals surface area contributed by atoms with Gasteiger partial charge in [-0.3, -0.25) is 4.90 Å². The molecule has 18 heavy (non-hydrogen) atoms. The monoisotopic (exact) mass is 255 g/mol. The summed E-state index contributed by atoms with van der Waals surface area (Å²) in [5.41, 5.74) is 0.948. The van der Waals surface area contributed by atoms with Crippen molar-refractivity contribution in [2.75, 3.05) is 33.9 Å². The van der Waals surface area contributed by atoms with E-state index in [1.165, 1.54) is 0 Å². The summed E-state index contributed by atoms with van der Waals surface area (Å²) < 4.78 is 10.5. The van der Waals surface area contributed by atoms with Gasteiger partial charge in [0, 0.05) is 32.8 Å². The molecule has 0 saturated heterocycles. The third kappa shape index (κ3) is 5.62. The molecule has 0 unspecified atom stereocenters. The average molecular weight is 255 g/mol. The van der Waals surface area contributed by atoms with Gasteiger partial charge in [-0.05, 0) is 13.0 Å². The minimum Gasteiger partial charge on any atom is -0.383 e. The van der Waals surface area contributed by atoms with Crippen LogP contribution in [0.5, 0.6) is 0 Å². The third-order valence-corrected chi connectivity index (χ3v) is 2.58. The molecule has 1 N–H and O–H groups in total. The van der Waals surface area contributed by atoms with Gasteiger partial charge in [0.25, 0.3) is 0 Å². The molecular weight excluding hydrogens is 230 g/mol. The van der Waals surface area contributed by atoms with Crippen molar-refractivity contribution < 1.29 is 9.26 Å². The number of nitrogens with one attached hydrogen (secondary N) is 1. The Morgan fingerprint density at radius 3 is 2.89 bits per heavy atom. The van der Waals surface area contributed by atoms with E-state index in [0.29, 0.717) is 5.92 Å². The van der Waals surface area contributed by atoms with Crippen LogP contribution in [0.4, 0.5) is 0 Å². The fourth-order valence-electron chi connectivity index (χ4n) is 1.89. The van der Waals surface area contributed by atoms with Gasteiger partial charge in [-0.15, -0.1) is 0 Å². The van der Waals surface area contributed by atoms with Gasteiger partial charge in [0.2, 0.25) is 0 Å². The highest BCUT2D eigenvalue weighted by atomic mass is 16.5. The highest BCUT2D eigenvalue weighted by molar-refractivity contribution is 5.05. The van der Waals surface area contributed by atoms with Crippen LogP contribution in [0.15, 0.2) is 10.6 Å². The highest BCUT2D eigenvalue weighted by Gasteiger charge is 2.11. The van der Waals surface area contributed by atoms with Gasteiger partial charge in [0.05, 0.1) is 18.8 Å². The number of hydrogen-bond acceptors (Lipinski definition) is 5. The summed E-state index contributed by atoms with van der Waals surface area (Å²) in [6.45, 7) is 8.65. The maximum absolute atomic E-state index is 5.34. The number of hydrogen-bond donors (Lipinski definition) is 1. The van der Waals surface area contributed by atoms with Crippen LogP contribution in [0.2, 0.25) is 0 Å². The van der Waals surface area contributed by atoms with E-state index in [9.17, 15) is 0 Å². The van der Waals surface area contributed by atoms with Crippen molar-refractivity contribution in [3.05, 3.63) is 17.5 Å². The Labute approximate surface area is 109 Å². The van der Waals surface area contributed by atoms with Crippen LogP contribution in [-0.4, -0.2) is 43.9 Å². The first-order chi connectivity index (χ1) is 8.65. The SMILES string of the molecule is CNCc1cc(CN(CCOC)CC(C)C)on1. The number of rotatable bonds is 9. The van der Waals surface area contributed by atoms with Gasteiger partial charge in [0.15, 0.2) is 5.76 Å². The highest BCUT2D eigenvalue weighted by Crippen LogP contribution is 2.09. The van der Waals surface area contributed by atoms with Crippen molar-refractivity contribution in [2.24, 2.45) is 5.92 Å². The molecule has 0 atom stereocenters. The van der Waals surface area contributed by atoms with E-state index in [4.69, 9.17) is 9.26 Å². The molecule has 0 saturated carbocycles. The Hall–Kier alpha value is -0.910. The second-order valence-electron chi connectivity index (χ2n) is 4.94. The summed E-state index contributed by atoms with van der Waals surface area (Å²) in [5, 5.41) is 7.08. The lowest BCUT2D eigenvalue weighted by molar-refractivity contribution is 0.129. The molecule has 0 aliphatic carbocycles. The van der Waals surface area contributed by atoms with Gasteiger partial charge in [0.1, 0.15) is 0 Å². The molecule has 1 aromatic heterocycles. The lowest BCUT2D eigenvalue weighted by Crippen LogP contribution is -2.30. The predicted octanol–water partition coefficient (Wildman–Crippen LogP) is 1.50. The Bertz CT molecular complexity index is 326. The molecule has 5 nitrogen and oxygen atoms in total. The van der Waals surface area contributed by atoms with Crippen LogP contribution in [0.1, 0.15) is 25.3 Å². The normalized spacial score (nSPS) is 11.7. The van der Waals surface area contributed by atoms with Gasteiger partial charge in [-0.1, -0.05) is 19.0 Å². The Morgan fingerprint density at radius 2 is 2.28 bits per heavy atom. The topological polar surface area (TPSA) is 50.5 Å². The molecule has 0 spiro atoms. The molecule has 1 aromatic rings. The summed E-state index contributed by atoms with van der Waals surface area (Å²) >= 11 is 0. The fraction of sp³-hybridized carbons (Fsp3) is 0.769. The minimum atomic E-state index is 0.626. The molecule has 104 valence electrons. The Balaban J connectivity index is 2.51. The third-order valence-electron chi connectivity index (χ3n) is 2.58. The molecule has 0 amide bonds. The molecule has 0 aliphatic rings. The number of ether oxygens (including phenoxy) is 1. The molecule has 1 rings (SSSR count). The lowest BCUT2D eigenvalue weighted by Gasteiger charge is -2.22. The number of methoxy groups -OCH3 is 1. The quantitative estimate of drug-likeness (QED) is 0.724. The van der Waals surface area contributed by atoms with Crippen molar-refractivity contribution in [2.45, 2.75) is 26.9 Å². The average Bonchev–Trinajstić information content (AvgIpc) is 2.73. The molecule has 0 bridgehead atoms. The molecule has 0 radical (unpaired) electrons. The van der Waals surface area contributed by atoms with Crippen molar-refractivity contribution in [3.8, 4) is 0 Å². The van der Waals surface area contributed by atoms with Crippen LogP contribution in [0, 0.1) is 5.92 Å². The van der Waals surface area contributed by atoms with Crippen LogP contribution >= 0.6 is 0 Å². The van der Waals surface area contributed by atoms with E-state index in [1.807, 2.05) is 13.1 Å². The van der Waals surface area contributed by atoms with Crippen LogP contribution < -0.4 is 5.32 Å². The first-order valence-electron chi connectivity index (χ1n) is 6.46. The maximum Gasteiger partial charge on any atom is 0.151 e. The molecule has 0 aromatic carbocycles. The van der Waals surface area contributed by atoms with Crippen LogP contribution in [0.25, 0.3) is 0 Å². The van der Waals surface area contributed by atoms with Gasteiger partial charge in [-0.25, -0.2) is 0 Å². The molecule has 0 aliphatic heterocycles. The van der Waals surface area contributed by atoms with Crippen molar-refractivity contribution in [1.82, 2.24) is 15.4 Å². The first kappa shape index (κ1) is 15.1. The summed E-state index contributed by atoms with van der Waals surface area (Å²) in [7, 11) is 3.63. The van der Waals surface area contributed by atoms with Gasteiger partial charge in [-0.2, -0.15) is 0 Å². The second kappa shape index (κ2) is 8.24. The van der Waals surface area contributed by atoms with Crippen molar-refractivity contribution in [1.29, 1.82) is 0 Å². The van der Waals surface area contributed by atoms with E-state index in [0.717, 1.165) is 44.2 Å². The van der Waals surface area contributed by atoms with Crippen molar-refractivity contribution in [3.63, 3.8) is 0 Å². The summed E-state index contributed by atoms with van der Waals surface area (Å²) in [4.78, 5) is 2.33. The van der Waals surface area contributed by atoms with Gasteiger partial charge >= 0.3 is 0 Å². The predicted molar refractivity (Wildman–Crippen MR) is 71.3 cm³/mol. The first-order valence-corrected chi connectivity index (χ1v) is 6.46. The summed E-state index contributed by atoms with van der Waals surface area (Å²) in [6, 6.07) is 2.01. The van der Waals surface area contributed by atoms with E-state index >= 15 is 0 Å². The van der Waals surface area contributed by atoms with E-state index < -0.39 is 0 Å². The lowest BCUT2D eigenvalue weighted by atomic mass is 10.2. The largest absolute Gasteiger partial charge is 0.383 e. The molecule has 5 heteroatoms. The number of aromatic nitrogens is 1. The van der Waals surface area contributed by atoms with Crippen LogP contribution in [-0.2, 0) is 17.8 Å². The van der Waals surface area contributed by atoms with Gasteiger partial charge < -0.3 is 14.6 Å². The molecule has 1 heterocycles. The standard InChI is InChI=1S/C13H25N3O2/c1-11(2)9-16(5-6-17-4)10-13-7-12(8-14-3)15-18-13/h7,11,14H,5-6,8-10H2,1-4H3. The Morgan fingerprint density at radius 1 is 1.50 bits per heavy atom. The second-order valence-corrected chi connectivity index (χ2v) is 4.94. The van der Waals surface area contributed by atoms with Crippen molar-refractivity contribution >= 4 is 0 Å². The Kier molecular flexibility index (Phi) is 6.93. The minimum absolute atomic E-state index is 0.626. The van der Waals surface area contributed by atoms with E-state index in [1.54, 1.807) is 7.11 Å². The number of nitrogens with zero attached hydrogens (tertiary/aromatic N) is 2. The zero-order valence-electron chi connectivity index (χ0n) is 11.9.